The fourth-order valence-corrected chi connectivity index (χ4v) is 11.8. The molecule has 8 rings (SSSR count). The molecule has 0 saturated carbocycles. The summed E-state index contributed by atoms with van der Waals surface area (Å²) in [5.41, 5.74) is 2.72. The molecule has 0 bridgehead atoms. The second-order valence-corrected chi connectivity index (χ2v) is 22.2. The van der Waals surface area contributed by atoms with Gasteiger partial charge in [-0.1, -0.05) is 134 Å². The van der Waals surface area contributed by atoms with E-state index in [1.165, 1.54) is 22.7 Å². The van der Waals surface area contributed by atoms with E-state index in [-0.39, 0.29) is 49.3 Å². The van der Waals surface area contributed by atoms with Gasteiger partial charge in [0.1, 0.15) is 11.6 Å². The van der Waals surface area contributed by atoms with Gasteiger partial charge in [-0.2, -0.15) is 0 Å². The maximum Gasteiger partial charge on any atom is 0.322 e. The lowest BCUT2D eigenvalue weighted by molar-refractivity contribution is -0.148. The van der Waals surface area contributed by atoms with E-state index in [2.05, 4.69) is 90.1 Å². The Morgan fingerprint density at radius 1 is 0.600 bits per heavy atom. The van der Waals surface area contributed by atoms with Crippen molar-refractivity contribution in [2.75, 3.05) is 0 Å². The molecule has 1 N–H and O–H groups in total. The molecule has 4 heterocycles. The highest BCUT2D eigenvalue weighted by molar-refractivity contribution is 7.23. The van der Waals surface area contributed by atoms with E-state index in [1.807, 2.05) is 38.1 Å². The summed E-state index contributed by atoms with van der Waals surface area (Å²) in [7, 11) is 0. The first-order valence-electron chi connectivity index (χ1n) is 22.1. The van der Waals surface area contributed by atoms with Crippen molar-refractivity contribution < 1.29 is 19.5 Å². The van der Waals surface area contributed by atoms with Gasteiger partial charge in [0, 0.05) is 23.0 Å². The Balaban J connectivity index is 1.50. The second-order valence-electron chi connectivity index (χ2n) is 19.0. The topological polar surface area (TPSA) is 123 Å². The van der Waals surface area contributed by atoms with Gasteiger partial charge in [-0.05, 0) is 99.2 Å². The number of carbonyl (C=O) groups is 3. The van der Waals surface area contributed by atoms with E-state index in [9.17, 15) is 14.7 Å². The van der Waals surface area contributed by atoms with E-state index in [1.54, 1.807) is 19.1 Å². The van der Waals surface area contributed by atoms with E-state index in [4.69, 9.17) is 43.1 Å². The van der Waals surface area contributed by atoms with Crippen LogP contribution in [-0.4, -0.2) is 42.6 Å². The smallest absolute Gasteiger partial charge is 0.322 e. The molecule has 12 heteroatoms. The Morgan fingerprint density at radius 2 is 1.03 bits per heavy atom. The normalized spacial score (nSPS) is 13.1. The zero-order valence-corrected chi connectivity index (χ0v) is 41.2. The third kappa shape index (κ3) is 8.36. The van der Waals surface area contributed by atoms with Crippen LogP contribution in [0.2, 0.25) is 8.93 Å². The van der Waals surface area contributed by atoms with Crippen molar-refractivity contribution in [3.63, 3.8) is 0 Å². The highest BCUT2D eigenvalue weighted by Crippen LogP contribution is 2.48. The quantitative estimate of drug-likeness (QED) is 0.113. The molecular weight excluding hydrogens is 892 g/mol. The lowest BCUT2D eigenvalue weighted by atomic mass is 9.65. The van der Waals surface area contributed by atoms with Gasteiger partial charge in [-0.25, -0.2) is 19.9 Å². The SMILES string of the molecule is CCC(CC)C(=O)CC(=O)C(CC)C(C(=O)O)(c1cc2nc(Cl)sc2c(-c2cc(C(C)(C)C)c3ccccc3c2)n1)c1cc2nc(Cl)sc2c(-c2cc(C(C)(C)C)c3ccccc3c2)n1. The van der Waals surface area contributed by atoms with Crippen molar-refractivity contribution in [2.45, 2.75) is 104 Å². The van der Waals surface area contributed by atoms with Crippen LogP contribution in [0.3, 0.4) is 0 Å². The molecule has 0 amide bonds. The van der Waals surface area contributed by atoms with Gasteiger partial charge in [0.05, 0.1) is 49.6 Å². The van der Waals surface area contributed by atoms with Crippen LogP contribution in [0.1, 0.15) is 111 Å². The highest BCUT2D eigenvalue weighted by Gasteiger charge is 2.55. The minimum atomic E-state index is -2.26. The number of Topliss-reactive ketones (excluding diaryl/α,β-unsaturated/α-hetero) is 2. The first-order chi connectivity index (χ1) is 30.8. The van der Waals surface area contributed by atoms with E-state index >= 15 is 4.79 Å². The molecule has 0 aliphatic carbocycles. The molecular formula is C53H52Cl2N4O4S2. The van der Waals surface area contributed by atoms with E-state index in [0.29, 0.717) is 44.7 Å². The Morgan fingerprint density at radius 3 is 1.42 bits per heavy atom. The maximum atomic E-state index is 15.1. The Bertz CT molecular complexity index is 3010. The highest BCUT2D eigenvalue weighted by atomic mass is 35.5. The van der Waals surface area contributed by atoms with Crippen molar-refractivity contribution in [3.8, 4) is 22.5 Å². The third-order valence-corrected chi connectivity index (χ3v) is 15.2. The van der Waals surface area contributed by atoms with Crippen LogP contribution in [0.5, 0.6) is 0 Å². The first-order valence-corrected chi connectivity index (χ1v) is 24.5. The maximum absolute atomic E-state index is 15.1. The summed E-state index contributed by atoms with van der Waals surface area (Å²) in [6, 6.07) is 27.9. The van der Waals surface area contributed by atoms with Gasteiger partial charge in [0.15, 0.2) is 14.3 Å². The largest absolute Gasteiger partial charge is 0.480 e. The van der Waals surface area contributed by atoms with Gasteiger partial charge < -0.3 is 5.11 Å². The molecule has 0 saturated heterocycles. The summed E-state index contributed by atoms with van der Waals surface area (Å²) in [6.45, 7) is 18.5. The van der Waals surface area contributed by atoms with Gasteiger partial charge in [-0.3, -0.25) is 14.4 Å². The number of halogens is 2. The first kappa shape index (κ1) is 46.4. The molecule has 8 nitrogen and oxygen atoms in total. The van der Waals surface area contributed by atoms with Crippen molar-refractivity contribution in [1.82, 2.24) is 19.9 Å². The molecule has 0 aliphatic heterocycles. The van der Waals surface area contributed by atoms with Gasteiger partial charge in [0.2, 0.25) is 0 Å². The molecule has 65 heavy (non-hydrogen) atoms. The predicted octanol–water partition coefficient (Wildman–Crippen LogP) is 14.6. The summed E-state index contributed by atoms with van der Waals surface area (Å²) >= 11 is 16.0. The number of benzene rings is 4. The van der Waals surface area contributed by atoms with Crippen molar-refractivity contribution in [3.05, 3.63) is 116 Å². The lowest BCUT2D eigenvalue weighted by Gasteiger charge is -2.36. The summed E-state index contributed by atoms with van der Waals surface area (Å²) in [5, 5.41) is 16.3. The van der Waals surface area contributed by atoms with Crippen LogP contribution in [0.25, 0.3) is 64.5 Å². The average Bonchev–Trinajstić information content (AvgIpc) is 3.83. The van der Waals surface area contributed by atoms with Crippen LogP contribution in [0.4, 0.5) is 0 Å². The third-order valence-electron chi connectivity index (χ3n) is 12.8. The Labute approximate surface area is 397 Å². The number of carbonyl (C=O) groups excluding carboxylic acids is 2. The van der Waals surface area contributed by atoms with Crippen molar-refractivity contribution >= 4 is 105 Å². The number of aliphatic carboxylic acids is 1. The van der Waals surface area contributed by atoms with Gasteiger partial charge in [0.25, 0.3) is 0 Å². The van der Waals surface area contributed by atoms with Crippen molar-refractivity contribution in [2.24, 2.45) is 11.8 Å². The van der Waals surface area contributed by atoms with Crippen LogP contribution < -0.4 is 0 Å². The number of thiazole rings is 2. The van der Waals surface area contributed by atoms with Gasteiger partial charge >= 0.3 is 5.97 Å². The molecule has 0 fully saturated rings. The summed E-state index contributed by atoms with van der Waals surface area (Å²) in [5.74, 6) is -3.73. The minimum absolute atomic E-state index is 0.0446. The summed E-state index contributed by atoms with van der Waals surface area (Å²) < 4.78 is 1.83. The van der Waals surface area contributed by atoms with Crippen LogP contribution in [0.15, 0.2) is 84.9 Å². The summed E-state index contributed by atoms with van der Waals surface area (Å²) in [6.07, 6.45) is 0.739. The number of rotatable bonds is 13. The van der Waals surface area contributed by atoms with Crippen LogP contribution in [-0.2, 0) is 30.6 Å². The molecule has 0 radical (unpaired) electrons. The van der Waals surface area contributed by atoms with Crippen LogP contribution in [0, 0.1) is 11.8 Å². The number of pyridine rings is 2. The molecule has 4 aromatic carbocycles. The zero-order valence-electron chi connectivity index (χ0n) is 38.1. The van der Waals surface area contributed by atoms with Crippen LogP contribution >= 0.6 is 45.9 Å². The molecule has 1 atom stereocenters. The number of aromatic nitrogens is 4. The number of carboxylic acids is 1. The fourth-order valence-electron chi connectivity index (χ4n) is 9.56. The molecule has 4 aromatic heterocycles. The summed E-state index contributed by atoms with van der Waals surface area (Å²) in [4.78, 5) is 64.0. The number of carboxylic acid groups (broad SMARTS) is 1. The Hall–Kier alpha value is -5.13. The van der Waals surface area contributed by atoms with E-state index in [0.717, 1.165) is 43.8 Å². The fraction of sp³-hybridized carbons (Fsp3) is 0.340. The predicted molar refractivity (Wildman–Crippen MR) is 269 cm³/mol. The molecule has 1 unspecified atom stereocenters. The average molecular weight is 944 g/mol. The zero-order chi connectivity index (χ0) is 46.7. The lowest BCUT2D eigenvalue weighted by Crippen LogP contribution is -2.49. The standard InChI is InChI=1S/C53H52Cl2N4O4S2/c1-10-28(11-2)40(60)27-41(61)35(12-3)53(48(62)63,42-25-38-46(64-49(54)56-38)44(58-42)31-21-29-17-13-15-19-33(29)36(23-31)51(4,5)6)43-26-39-47(65-50(55)57-39)45(59-43)32-22-30-18-14-16-20-34(30)37(24-32)52(7,8)9/h13-26,28,35H,10-12,27H2,1-9H3,(H,62,63). The second kappa shape index (κ2) is 17.6. The van der Waals surface area contributed by atoms with Gasteiger partial charge in [-0.15, -0.1) is 22.7 Å². The number of nitrogens with zero attached hydrogens (tertiary/aromatic N) is 4. The number of fused-ring (bicyclic) bond motifs is 4. The molecule has 334 valence electrons. The Kier molecular flexibility index (Phi) is 12.6. The number of hydrogen-bond acceptors (Lipinski definition) is 9. The monoisotopic (exact) mass is 942 g/mol. The molecule has 0 aliphatic rings. The van der Waals surface area contributed by atoms with E-state index < -0.39 is 29.5 Å². The van der Waals surface area contributed by atoms with Crippen molar-refractivity contribution in [1.29, 1.82) is 0 Å². The molecule has 8 aromatic rings. The number of ketones is 2. The number of hydrogen-bond donors (Lipinski definition) is 1. The minimum Gasteiger partial charge on any atom is -0.480 e. The molecule has 0 spiro atoms.